The van der Waals surface area contributed by atoms with E-state index in [-0.39, 0.29) is 0 Å². The van der Waals surface area contributed by atoms with Gasteiger partial charge in [0.05, 0.1) is 0 Å². The number of hydrogen-bond donors (Lipinski definition) is 0. The third kappa shape index (κ3) is 2.23. The molecule has 0 radical (unpaired) electrons. The minimum absolute atomic E-state index is 0.675. The normalized spacial score (nSPS) is 25.7. The third-order valence-electron chi connectivity index (χ3n) is 6.34. The van der Waals surface area contributed by atoms with Crippen LogP contribution in [0.2, 0.25) is 0 Å². The summed E-state index contributed by atoms with van der Waals surface area (Å²) in [5.41, 5.74) is 6.09. The zero-order chi connectivity index (χ0) is 15.9. The van der Waals surface area contributed by atoms with Gasteiger partial charge in [0, 0.05) is 36.5 Å². The van der Waals surface area contributed by atoms with E-state index in [9.17, 15) is 0 Å². The van der Waals surface area contributed by atoms with E-state index in [0.29, 0.717) is 12.1 Å². The molecule has 24 heavy (non-hydrogen) atoms. The first kappa shape index (κ1) is 14.4. The number of anilines is 2. The van der Waals surface area contributed by atoms with Gasteiger partial charge in [-0.25, -0.2) is 0 Å². The second-order valence-corrected chi connectivity index (χ2v) is 7.56. The summed E-state index contributed by atoms with van der Waals surface area (Å²) in [6, 6.07) is 19.5. The summed E-state index contributed by atoms with van der Waals surface area (Å²) in [7, 11) is 0. The topological polar surface area (TPSA) is 6.48 Å². The lowest BCUT2D eigenvalue weighted by Gasteiger charge is -2.44. The number of rotatable bonds is 2. The standard InChI is InChI=1S/C22H26N2/c1-3-9-19-17(7-1)13-15-23(19)21-11-5-6-12-22(21)24-16-14-18-8-2-4-10-20(18)24/h1-4,7-10,21-22H,5-6,11-16H2. The highest BCUT2D eigenvalue weighted by Gasteiger charge is 2.38. The fourth-order valence-electron chi connectivity index (χ4n) is 5.24. The van der Waals surface area contributed by atoms with Crippen LogP contribution in [0.25, 0.3) is 0 Å². The summed E-state index contributed by atoms with van der Waals surface area (Å²) >= 11 is 0. The zero-order valence-electron chi connectivity index (χ0n) is 14.3. The van der Waals surface area contributed by atoms with E-state index in [1.54, 1.807) is 11.1 Å². The van der Waals surface area contributed by atoms with E-state index in [2.05, 4.69) is 58.3 Å². The minimum atomic E-state index is 0.675. The van der Waals surface area contributed by atoms with Gasteiger partial charge >= 0.3 is 0 Å². The van der Waals surface area contributed by atoms with Crippen LogP contribution in [-0.4, -0.2) is 25.2 Å². The van der Waals surface area contributed by atoms with Gasteiger partial charge in [-0.3, -0.25) is 0 Å². The molecule has 2 heterocycles. The first-order valence-electron chi connectivity index (χ1n) is 9.61. The molecule has 0 N–H and O–H groups in total. The fourth-order valence-corrected chi connectivity index (χ4v) is 5.24. The summed E-state index contributed by atoms with van der Waals surface area (Å²) in [5.74, 6) is 0. The maximum absolute atomic E-state index is 2.74. The fraction of sp³-hybridized carbons (Fsp3) is 0.455. The van der Waals surface area contributed by atoms with Crippen molar-refractivity contribution in [2.24, 2.45) is 0 Å². The molecular weight excluding hydrogens is 292 g/mol. The van der Waals surface area contributed by atoms with E-state index in [1.807, 2.05) is 0 Å². The average molecular weight is 318 g/mol. The van der Waals surface area contributed by atoms with Crippen molar-refractivity contribution in [3.8, 4) is 0 Å². The van der Waals surface area contributed by atoms with Crippen LogP contribution in [0.5, 0.6) is 0 Å². The van der Waals surface area contributed by atoms with Gasteiger partial charge in [0.15, 0.2) is 0 Å². The molecule has 0 aromatic heterocycles. The van der Waals surface area contributed by atoms with Crippen LogP contribution in [0, 0.1) is 0 Å². The summed E-state index contributed by atoms with van der Waals surface area (Å²) < 4.78 is 0. The molecule has 3 aliphatic rings. The van der Waals surface area contributed by atoms with Crippen molar-refractivity contribution in [2.45, 2.75) is 50.6 Å². The summed E-state index contributed by atoms with van der Waals surface area (Å²) in [5, 5.41) is 0. The van der Waals surface area contributed by atoms with Gasteiger partial charge in [-0.2, -0.15) is 0 Å². The minimum Gasteiger partial charge on any atom is -0.366 e. The van der Waals surface area contributed by atoms with Crippen LogP contribution in [0.3, 0.4) is 0 Å². The Balaban J connectivity index is 1.48. The van der Waals surface area contributed by atoms with E-state index < -0.39 is 0 Å². The predicted molar refractivity (Wildman–Crippen MR) is 101 cm³/mol. The molecule has 5 rings (SSSR count). The van der Waals surface area contributed by atoms with Gasteiger partial charge in [-0.15, -0.1) is 0 Å². The molecule has 0 spiro atoms. The van der Waals surface area contributed by atoms with Gasteiger partial charge in [0.1, 0.15) is 0 Å². The Labute approximate surface area is 145 Å². The molecule has 2 unspecified atom stereocenters. The molecule has 2 nitrogen and oxygen atoms in total. The van der Waals surface area contributed by atoms with Crippen LogP contribution < -0.4 is 9.80 Å². The molecular formula is C22H26N2. The molecule has 0 saturated heterocycles. The lowest BCUT2D eigenvalue weighted by molar-refractivity contribution is 0.352. The lowest BCUT2D eigenvalue weighted by atomic mass is 9.87. The van der Waals surface area contributed by atoms with Crippen molar-refractivity contribution in [1.29, 1.82) is 0 Å². The molecule has 2 atom stereocenters. The Kier molecular flexibility index (Phi) is 3.50. The van der Waals surface area contributed by atoms with Crippen molar-refractivity contribution >= 4 is 11.4 Å². The number of hydrogen-bond acceptors (Lipinski definition) is 2. The second-order valence-electron chi connectivity index (χ2n) is 7.56. The van der Waals surface area contributed by atoms with Gasteiger partial charge in [0.25, 0.3) is 0 Å². The van der Waals surface area contributed by atoms with Gasteiger partial charge < -0.3 is 9.80 Å². The van der Waals surface area contributed by atoms with E-state index in [1.165, 1.54) is 63.0 Å². The van der Waals surface area contributed by atoms with E-state index >= 15 is 0 Å². The van der Waals surface area contributed by atoms with E-state index in [0.717, 1.165) is 0 Å². The average Bonchev–Trinajstić information content (AvgIpc) is 3.26. The Morgan fingerprint density at radius 2 is 1.08 bits per heavy atom. The molecule has 0 bridgehead atoms. The summed E-state index contributed by atoms with van der Waals surface area (Å²) in [6.45, 7) is 2.41. The number of nitrogens with zero attached hydrogens (tertiary/aromatic N) is 2. The van der Waals surface area contributed by atoms with Crippen LogP contribution in [0.15, 0.2) is 48.5 Å². The Morgan fingerprint density at radius 3 is 1.58 bits per heavy atom. The van der Waals surface area contributed by atoms with Crippen molar-refractivity contribution < 1.29 is 0 Å². The molecule has 1 fully saturated rings. The molecule has 1 aliphatic carbocycles. The van der Waals surface area contributed by atoms with Gasteiger partial charge in [-0.05, 0) is 48.9 Å². The number of fused-ring (bicyclic) bond motifs is 2. The SMILES string of the molecule is c1ccc2c(c1)CCN2C1CCCCC1N1CCc2ccccc21. The monoisotopic (exact) mass is 318 g/mol. The highest BCUT2D eigenvalue weighted by Crippen LogP contribution is 2.39. The van der Waals surface area contributed by atoms with Crippen molar-refractivity contribution in [1.82, 2.24) is 0 Å². The molecule has 124 valence electrons. The predicted octanol–water partition coefficient (Wildman–Crippen LogP) is 4.42. The summed E-state index contributed by atoms with van der Waals surface area (Å²) in [6.07, 6.45) is 7.89. The van der Waals surface area contributed by atoms with Crippen LogP contribution in [-0.2, 0) is 12.8 Å². The highest BCUT2D eigenvalue weighted by atomic mass is 15.3. The largest absolute Gasteiger partial charge is 0.366 e. The second kappa shape index (κ2) is 5.84. The first-order valence-corrected chi connectivity index (χ1v) is 9.61. The van der Waals surface area contributed by atoms with Crippen molar-refractivity contribution in [2.75, 3.05) is 22.9 Å². The van der Waals surface area contributed by atoms with E-state index in [4.69, 9.17) is 0 Å². The molecule has 2 aromatic rings. The number of benzene rings is 2. The molecule has 2 heteroatoms. The molecule has 2 aromatic carbocycles. The Morgan fingerprint density at radius 1 is 0.625 bits per heavy atom. The highest BCUT2D eigenvalue weighted by molar-refractivity contribution is 5.62. The maximum atomic E-state index is 2.74. The zero-order valence-corrected chi connectivity index (χ0v) is 14.3. The molecule has 0 amide bonds. The Hall–Kier alpha value is -1.96. The molecule has 1 saturated carbocycles. The van der Waals surface area contributed by atoms with Crippen LogP contribution in [0.1, 0.15) is 36.8 Å². The summed E-state index contributed by atoms with van der Waals surface area (Å²) in [4.78, 5) is 5.47. The third-order valence-corrected chi connectivity index (χ3v) is 6.34. The Bertz CT molecular complexity index is 675. The van der Waals surface area contributed by atoms with Crippen molar-refractivity contribution in [3.05, 3.63) is 59.7 Å². The van der Waals surface area contributed by atoms with Crippen LogP contribution >= 0.6 is 0 Å². The number of para-hydroxylation sites is 2. The van der Waals surface area contributed by atoms with Gasteiger partial charge in [-0.1, -0.05) is 49.2 Å². The molecule has 2 aliphatic heterocycles. The smallest absolute Gasteiger partial charge is 0.0493 e. The van der Waals surface area contributed by atoms with Crippen LogP contribution in [0.4, 0.5) is 11.4 Å². The quantitative estimate of drug-likeness (QED) is 0.808. The van der Waals surface area contributed by atoms with Crippen molar-refractivity contribution in [3.63, 3.8) is 0 Å². The first-order chi connectivity index (χ1) is 11.9. The lowest BCUT2D eigenvalue weighted by Crippen LogP contribution is -2.53. The van der Waals surface area contributed by atoms with Gasteiger partial charge in [0.2, 0.25) is 0 Å². The maximum Gasteiger partial charge on any atom is 0.0493 e.